The molecule has 0 aliphatic carbocycles. The highest BCUT2D eigenvalue weighted by molar-refractivity contribution is 4.69. The normalized spacial score (nSPS) is 13.5. The van der Waals surface area contributed by atoms with Crippen LogP contribution in [0.3, 0.4) is 0 Å². The van der Waals surface area contributed by atoms with E-state index in [9.17, 15) is 5.11 Å². The van der Waals surface area contributed by atoms with Crippen molar-refractivity contribution >= 4 is 0 Å². The van der Waals surface area contributed by atoms with Crippen LogP contribution in [0.15, 0.2) is 0 Å². The standard InChI is InChI=1S/C14H32N2O2/c1-5-13(6-2)11-16(7-3)12-14(17)10-15-8-9-18-4/h13-15,17H,5-12H2,1-4H3. The molecule has 2 N–H and O–H groups in total. The van der Waals surface area contributed by atoms with Crippen molar-refractivity contribution < 1.29 is 9.84 Å². The first-order valence-corrected chi connectivity index (χ1v) is 7.27. The molecule has 0 heterocycles. The van der Waals surface area contributed by atoms with Crippen molar-refractivity contribution in [3.05, 3.63) is 0 Å². The van der Waals surface area contributed by atoms with Crippen LogP contribution in [-0.2, 0) is 4.74 Å². The second-order valence-electron chi connectivity index (χ2n) is 4.89. The van der Waals surface area contributed by atoms with Gasteiger partial charge in [0.2, 0.25) is 0 Å². The minimum atomic E-state index is -0.295. The molecular formula is C14H32N2O2. The Hall–Kier alpha value is -0.160. The summed E-state index contributed by atoms with van der Waals surface area (Å²) in [6.45, 7) is 11.6. The van der Waals surface area contributed by atoms with Gasteiger partial charge in [-0.05, 0) is 12.5 Å². The van der Waals surface area contributed by atoms with Gasteiger partial charge >= 0.3 is 0 Å². The smallest absolute Gasteiger partial charge is 0.0791 e. The van der Waals surface area contributed by atoms with E-state index >= 15 is 0 Å². The second-order valence-corrected chi connectivity index (χ2v) is 4.89. The summed E-state index contributed by atoms with van der Waals surface area (Å²) < 4.78 is 4.95. The summed E-state index contributed by atoms with van der Waals surface area (Å²) in [6.07, 6.45) is 2.14. The summed E-state index contributed by atoms with van der Waals surface area (Å²) in [5, 5.41) is 13.2. The highest BCUT2D eigenvalue weighted by Gasteiger charge is 2.13. The van der Waals surface area contributed by atoms with Crippen LogP contribution in [0.1, 0.15) is 33.6 Å². The molecule has 0 spiro atoms. The van der Waals surface area contributed by atoms with Gasteiger partial charge in [-0.25, -0.2) is 0 Å². The van der Waals surface area contributed by atoms with Crippen LogP contribution in [0.2, 0.25) is 0 Å². The lowest BCUT2D eigenvalue weighted by Gasteiger charge is -2.27. The maximum Gasteiger partial charge on any atom is 0.0791 e. The third kappa shape index (κ3) is 8.86. The molecule has 0 aliphatic rings. The molecule has 0 radical (unpaired) electrons. The third-order valence-corrected chi connectivity index (χ3v) is 3.45. The predicted molar refractivity (Wildman–Crippen MR) is 76.9 cm³/mol. The Morgan fingerprint density at radius 2 is 1.83 bits per heavy atom. The third-order valence-electron chi connectivity index (χ3n) is 3.45. The molecule has 1 atom stereocenters. The van der Waals surface area contributed by atoms with Crippen molar-refractivity contribution in [2.75, 3.05) is 46.4 Å². The molecule has 110 valence electrons. The van der Waals surface area contributed by atoms with Crippen LogP contribution in [0.5, 0.6) is 0 Å². The van der Waals surface area contributed by atoms with Gasteiger partial charge in [-0.2, -0.15) is 0 Å². The molecule has 0 saturated heterocycles. The van der Waals surface area contributed by atoms with Gasteiger partial charge < -0.3 is 20.1 Å². The van der Waals surface area contributed by atoms with E-state index in [1.165, 1.54) is 12.8 Å². The molecule has 1 unspecified atom stereocenters. The van der Waals surface area contributed by atoms with Crippen molar-refractivity contribution in [3.63, 3.8) is 0 Å². The largest absolute Gasteiger partial charge is 0.390 e. The number of likely N-dealkylation sites (N-methyl/N-ethyl adjacent to an activating group) is 1. The summed E-state index contributed by atoms with van der Waals surface area (Å²) in [5.74, 6) is 0.749. The van der Waals surface area contributed by atoms with E-state index in [-0.39, 0.29) is 6.10 Å². The van der Waals surface area contributed by atoms with Gasteiger partial charge in [-0.1, -0.05) is 33.6 Å². The van der Waals surface area contributed by atoms with Gasteiger partial charge in [0.15, 0.2) is 0 Å². The first kappa shape index (κ1) is 17.8. The zero-order chi connectivity index (χ0) is 13.8. The Kier molecular flexibility index (Phi) is 11.8. The van der Waals surface area contributed by atoms with Gasteiger partial charge in [0, 0.05) is 33.3 Å². The molecule has 0 amide bonds. The maximum atomic E-state index is 9.96. The zero-order valence-corrected chi connectivity index (χ0v) is 12.6. The summed E-state index contributed by atoms with van der Waals surface area (Å²) >= 11 is 0. The van der Waals surface area contributed by atoms with Gasteiger partial charge in [-0.3, -0.25) is 0 Å². The highest BCUT2D eigenvalue weighted by Crippen LogP contribution is 2.10. The topological polar surface area (TPSA) is 44.7 Å². The summed E-state index contributed by atoms with van der Waals surface area (Å²) in [6, 6.07) is 0. The Bertz CT molecular complexity index is 175. The number of nitrogens with one attached hydrogen (secondary N) is 1. The number of hydrogen-bond acceptors (Lipinski definition) is 4. The fraction of sp³-hybridized carbons (Fsp3) is 1.00. The molecule has 0 fully saturated rings. The molecule has 0 bridgehead atoms. The monoisotopic (exact) mass is 260 g/mol. The van der Waals surface area contributed by atoms with Gasteiger partial charge in [0.05, 0.1) is 12.7 Å². The molecule has 0 aromatic carbocycles. The average Bonchev–Trinajstić information content (AvgIpc) is 2.39. The first-order chi connectivity index (χ1) is 8.67. The van der Waals surface area contributed by atoms with Crippen molar-refractivity contribution in [2.45, 2.75) is 39.7 Å². The van der Waals surface area contributed by atoms with Crippen molar-refractivity contribution in [3.8, 4) is 0 Å². The summed E-state index contributed by atoms with van der Waals surface area (Å²) in [4.78, 5) is 2.35. The minimum Gasteiger partial charge on any atom is -0.390 e. The average molecular weight is 260 g/mol. The minimum absolute atomic E-state index is 0.295. The summed E-state index contributed by atoms with van der Waals surface area (Å²) in [7, 11) is 1.69. The quantitative estimate of drug-likeness (QED) is 0.520. The lowest BCUT2D eigenvalue weighted by atomic mass is 10.0. The van der Waals surface area contributed by atoms with E-state index in [2.05, 4.69) is 31.0 Å². The molecule has 4 nitrogen and oxygen atoms in total. The van der Waals surface area contributed by atoms with Crippen molar-refractivity contribution in [1.29, 1.82) is 0 Å². The van der Waals surface area contributed by atoms with Crippen LogP contribution in [0, 0.1) is 5.92 Å². The van der Waals surface area contributed by atoms with E-state index in [4.69, 9.17) is 4.74 Å². The number of aliphatic hydroxyl groups is 1. The van der Waals surface area contributed by atoms with E-state index in [1.54, 1.807) is 7.11 Å². The zero-order valence-electron chi connectivity index (χ0n) is 12.6. The second kappa shape index (κ2) is 11.9. The lowest BCUT2D eigenvalue weighted by molar-refractivity contribution is 0.101. The number of aliphatic hydroxyl groups excluding tert-OH is 1. The Balaban J connectivity index is 3.81. The number of hydrogen-bond donors (Lipinski definition) is 2. The predicted octanol–water partition coefficient (Wildman–Crippen LogP) is 1.34. The van der Waals surface area contributed by atoms with Crippen LogP contribution in [-0.4, -0.2) is 62.6 Å². The van der Waals surface area contributed by atoms with Crippen molar-refractivity contribution in [2.24, 2.45) is 5.92 Å². The molecule has 0 aromatic rings. The van der Waals surface area contributed by atoms with Crippen LogP contribution in [0.4, 0.5) is 0 Å². The molecule has 18 heavy (non-hydrogen) atoms. The van der Waals surface area contributed by atoms with E-state index in [0.29, 0.717) is 13.2 Å². The van der Waals surface area contributed by atoms with Gasteiger partial charge in [-0.15, -0.1) is 0 Å². The van der Waals surface area contributed by atoms with E-state index < -0.39 is 0 Å². The molecule has 0 saturated carbocycles. The first-order valence-electron chi connectivity index (χ1n) is 7.27. The fourth-order valence-corrected chi connectivity index (χ4v) is 2.05. The summed E-state index contributed by atoms with van der Waals surface area (Å²) in [5.41, 5.74) is 0. The van der Waals surface area contributed by atoms with Crippen LogP contribution in [0.25, 0.3) is 0 Å². The number of methoxy groups -OCH3 is 1. The SMILES string of the molecule is CCC(CC)CN(CC)CC(O)CNCCOC. The highest BCUT2D eigenvalue weighted by atomic mass is 16.5. The maximum absolute atomic E-state index is 9.96. The molecule has 0 aliphatic heterocycles. The van der Waals surface area contributed by atoms with E-state index in [1.807, 2.05) is 0 Å². The Morgan fingerprint density at radius 1 is 1.17 bits per heavy atom. The van der Waals surface area contributed by atoms with Gasteiger partial charge in [0.1, 0.15) is 0 Å². The number of ether oxygens (including phenoxy) is 1. The fourth-order valence-electron chi connectivity index (χ4n) is 2.05. The number of nitrogens with zero attached hydrogens (tertiary/aromatic N) is 1. The Labute approximate surface area is 113 Å². The van der Waals surface area contributed by atoms with Crippen LogP contribution >= 0.6 is 0 Å². The van der Waals surface area contributed by atoms with Crippen molar-refractivity contribution in [1.82, 2.24) is 10.2 Å². The lowest BCUT2D eigenvalue weighted by Crippen LogP contribution is -2.40. The van der Waals surface area contributed by atoms with Crippen LogP contribution < -0.4 is 5.32 Å². The molecule has 0 rings (SSSR count). The van der Waals surface area contributed by atoms with E-state index in [0.717, 1.165) is 32.1 Å². The molecule has 0 aromatic heterocycles. The van der Waals surface area contributed by atoms with Gasteiger partial charge in [0.25, 0.3) is 0 Å². The molecular weight excluding hydrogens is 228 g/mol. The Morgan fingerprint density at radius 3 is 2.33 bits per heavy atom. The molecule has 4 heteroatoms. The number of rotatable bonds is 12.